The largest absolute Gasteiger partial charge is 0.382 e. The topological polar surface area (TPSA) is 39.7 Å². The Morgan fingerprint density at radius 3 is 2.46 bits per heavy atom. The zero-order valence-corrected chi connectivity index (χ0v) is 8.84. The van der Waals surface area contributed by atoms with Crippen LogP contribution in [0.15, 0.2) is 0 Å². The molecule has 0 radical (unpaired) electrons. The molecule has 80 valence electrons. The SMILES string of the molecule is CCNCC(COC)OCCOC. The average molecular weight is 191 g/mol. The summed E-state index contributed by atoms with van der Waals surface area (Å²) in [4.78, 5) is 0. The summed E-state index contributed by atoms with van der Waals surface area (Å²) in [6.45, 7) is 5.72. The highest BCUT2D eigenvalue weighted by Crippen LogP contribution is 1.91. The van der Waals surface area contributed by atoms with E-state index in [0.29, 0.717) is 19.8 Å². The molecule has 0 heterocycles. The van der Waals surface area contributed by atoms with Gasteiger partial charge >= 0.3 is 0 Å². The first kappa shape index (κ1) is 12.8. The van der Waals surface area contributed by atoms with Crippen LogP contribution in [0.4, 0.5) is 0 Å². The van der Waals surface area contributed by atoms with Crippen LogP contribution < -0.4 is 5.32 Å². The van der Waals surface area contributed by atoms with Crippen molar-refractivity contribution in [3.63, 3.8) is 0 Å². The Bertz CT molecular complexity index is 101. The molecule has 0 aliphatic carbocycles. The van der Waals surface area contributed by atoms with Gasteiger partial charge in [0, 0.05) is 20.8 Å². The third-order valence-electron chi connectivity index (χ3n) is 1.62. The van der Waals surface area contributed by atoms with Gasteiger partial charge in [-0.15, -0.1) is 0 Å². The lowest BCUT2D eigenvalue weighted by atomic mass is 10.3. The molecule has 0 aromatic carbocycles. The molecule has 13 heavy (non-hydrogen) atoms. The summed E-state index contributed by atoms with van der Waals surface area (Å²) in [6.07, 6.45) is 0.125. The van der Waals surface area contributed by atoms with Crippen LogP contribution in [0, 0.1) is 0 Å². The molecule has 0 amide bonds. The second-order valence-electron chi connectivity index (χ2n) is 2.75. The molecule has 0 saturated carbocycles. The van der Waals surface area contributed by atoms with Crippen LogP contribution >= 0.6 is 0 Å². The van der Waals surface area contributed by atoms with Gasteiger partial charge in [0.2, 0.25) is 0 Å². The fourth-order valence-corrected chi connectivity index (χ4v) is 0.955. The first-order valence-electron chi connectivity index (χ1n) is 4.65. The summed E-state index contributed by atoms with van der Waals surface area (Å²) in [5.41, 5.74) is 0. The van der Waals surface area contributed by atoms with Gasteiger partial charge in [0.15, 0.2) is 0 Å². The highest BCUT2D eigenvalue weighted by Gasteiger charge is 2.06. The van der Waals surface area contributed by atoms with Crippen LogP contribution in [0.1, 0.15) is 6.92 Å². The molecule has 4 heteroatoms. The molecule has 0 spiro atoms. The minimum absolute atomic E-state index is 0.125. The molecule has 0 aromatic heterocycles. The maximum absolute atomic E-state index is 5.51. The van der Waals surface area contributed by atoms with E-state index in [2.05, 4.69) is 12.2 Å². The Balaban J connectivity index is 3.41. The van der Waals surface area contributed by atoms with Gasteiger partial charge in [-0.1, -0.05) is 6.92 Å². The monoisotopic (exact) mass is 191 g/mol. The molecule has 4 nitrogen and oxygen atoms in total. The van der Waals surface area contributed by atoms with Crippen molar-refractivity contribution in [2.75, 3.05) is 47.1 Å². The molecule has 0 aromatic rings. The van der Waals surface area contributed by atoms with Crippen molar-refractivity contribution in [3.8, 4) is 0 Å². The summed E-state index contributed by atoms with van der Waals surface area (Å²) in [5.74, 6) is 0. The Kier molecular flexibility index (Phi) is 9.80. The van der Waals surface area contributed by atoms with Crippen molar-refractivity contribution in [1.29, 1.82) is 0 Å². The van der Waals surface area contributed by atoms with Gasteiger partial charge in [-0.3, -0.25) is 0 Å². The second-order valence-corrected chi connectivity index (χ2v) is 2.75. The number of rotatable bonds is 9. The average Bonchev–Trinajstić information content (AvgIpc) is 2.14. The van der Waals surface area contributed by atoms with Crippen LogP contribution in [-0.2, 0) is 14.2 Å². The van der Waals surface area contributed by atoms with Gasteiger partial charge in [-0.2, -0.15) is 0 Å². The fraction of sp³-hybridized carbons (Fsp3) is 1.00. The quantitative estimate of drug-likeness (QED) is 0.531. The van der Waals surface area contributed by atoms with Gasteiger partial charge in [0.1, 0.15) is 0 Å². The van der Waals surface area contributed by atoms with E-state index < -0.39 is 0 Å². The molecular weight excluding hydrogens is 170 g/mol. The van der Waals surface area contributed by atoms with E-state index in [1.165, 1.54) is 0 Å². The van der Waals surface area contributed by atoms with E-state index in [-0.39, 0.29) is 6.10 Å². The molecule has 0 fully saturated rings. The molecule has 0 aliphatic heterocycles. The van der Waals surface area contributed by atoms with E-state index in [1.807, 2.05) is 0 Å². The van der Waals surface area contributed by atoms with Crippen molar-refractivity contribution in [2.24, 2.45) is 0 Å². The van der Waals surface area contributed by atoms with E-state index >= 15 is 0 Å². The van der Waals surface area contributed by atoms with Crippen molar-refractivity contribution >= 4 is 0 Å². The lowest BCUT2D eigenvalue weighted by molar-refractivity contribution is -0.0202. The van der Waals surface area contributed by atoms with Crippen LogP contribution in [0.3, 0.4) is 0 Å². The first-order chi connectivity index (χ1) is 6.35. The lowest BCUT2D eigenvalue weighted by Crippen LogP contribution is -2.33. The molecule has 0 bridgehead atoms. The van der Waals surface area contributed by atoms with Gasteiger partial charge in [-0.25, -0.2) is 0 Å². The van der Waals surface area contributed by atoms with Crippen LogP contribution in [0.5, 0.6) is 0 Å². The van der Waals surface area contributed by atoms with E-state index in [1.54, 1.807) is 14.2 Å². The van der Waals surface area contributed by atoms with E-state index in [9.17, 15) is 0 Å². The van der Waals surface area contributed by atoms with Crippen molar-refractivity contribution in [3.05, 3.63) is 0 Å². The first-order valence-corrected chi connectivity index (χ1v) is 4.65. The Hall–Kier alpha value is -0.160. The van der Waals surface area contributed by atoms with Crippen LogP contribution in [-0.4, -0.2) is 53.2 Å². The predicted octanol–water partition coefficient (Wildman–Crippen LogP) is 0.274. The minimum Gasteiger partial charge on any atom is -0.382 e. The number of hydrogen-bond acceptors (Lipinski definition) is 4. The number of hydrogen-bond donors (Lipinski definition) is 1. The normalized spacial score (nSPS) is 13.2. The maximum atomic E-state index is 5.51. The highest BCUT2D eigenvalue weighted by atomic mass is 16.5. The standard InChI is InChI=1S/C9H21NO3/c1-4-10-7-9(8-12-3)13-6-5-11-2/h9-10H,4-8H2,1-3H3. The predicted molar refractivity (Wildman–Crippen MR) is 52.0 cm³/mol. The maximum Gasteiger partial charge on any atom is 0.0933 e. The second kappa shape index (κ2) is 9.92. The van der Waals surface area contributed by atoms with Crippen molar-refractivity contribution < 1.29 is 14.2 Å². The zero-order valence-electron chi connectivity index (χ0n) is 8.84. The fourth-order valence-electron chi connectivity index (χ4n) is 0.955. The zero-order chi connectivity index (χ0) is 9.94. The third kappa shape index (κ3) is 8.18. The number of ether oxygens (including phenoxy) is 3. The summed E-state index contributed by atoms with van der Waals surface area (Å²) >= 11 is 0. The highest BCUT2D eigenvalue weighted by molar-refractivity contribution is 4.59. The Morgan fingerprint density at radius 1 is 1.15 bits per heavy atom. The van der Waals surface area contributed by atoms with E-state index in [0.717, 1.165) is 13.1 Å². The number of likely N-dealkylation sites (N-methyl/N-ethyl adjacent to an activating group) is 1. The van der Waals surface area contributed by atoms with Crippen molar-refractivity contribution in [1.82, 2.24) is 5.32 Å². The van der Waals surface area contributed by atoms with Crippen molar-refractivity contribution in [2.45, 2.75) is 13.0 Å². The smallest absolute Gasteiger partial charge is 0.0933 e. The van der Waals surface area contributed by atoms with Gasteiger partial charge in [0.25, 0.3) is 0 Å². The molecule has 1 N–H and O–H groups in total. The summed E-state index contributed by atoms with van der Waals surface area (Å²) < 4.78 is 15.4. The lowest BCUT2D eigenvalue weighted by Gasteiger charge is -2.16. The molecule has 1 unspecified atom stereocenters. The molecule has 0 aliphatic rings. The Morgan fingerprint density at radius 2 is 1.92 bits per heavy atom. The van der Waals surface area contributed by atoms with Gasteiger partial charge in [0.05, 0.1) is 25.9 Å². The summed E-state index contributed by atoms with van der Waals surface area (Å²) in [5, 5.41) is 3.21. The third-order valence-corrected chi connectivity index (χ3v) is 1.62. The number of methoxy groups -OCH3 is 2. The van der Waals surface area contributed by atoms with Crippen LogP contribution in [0.2, 0.25) is 0 Å². The summed E-state index contributed by atoms with van der Waals surface area (Å²) in [7, 11) is 3.34. The minimum atomic E-state index is 0.125. The number of nitrogens with one attached hydrogen (secondary N) is 1. The van der Waals surface area contributed by atoms with Gasteiger partial charge < -0.3 is 19.5 Å². The van der Waals surface area contributed by atoms with E-state index in [4.69, 9.17) is 14.2 Å². The summed E-state index contributed by atoms with van der Waals surface area (Å²) in [6, 6.07) is 0. The van der Waals surface area contributed by atoms with Gasteiger partial charge in [-0.05, 0) is 6.54 Å². The molecule has 0 saturated heterocycles. The molecule has 1 atom stereocenters. The Labute approximate surface area is 80.5 Å². The molecular formula is C9H21NO3. The molecule has 0 rings (SSSR count). The van der Waals surface area contributed by atoms with Crippen LogP contribution in [0.25, 0.3) is 0 Å².